The molecule has 4 aromatic rings. The number of nitrogens with zero attached hydrogens (tertiary/aromatic N) is 9. The van der Waals surface area contributed by atoms with Crippen LogP contribution in [0.25, 0.3) is 0 Å². The molecule has 3 aromatic heterocycles. The Morgan fingerprint density at radius 2 is 1.77 bits per heavy atom. The van der Waals surface area contributed by atoms with Crippen LogP contribution in [-0.4, -0.2) is 128 Å². The van der Waals surface area contributed by atoms with Gasteiger partial charge in [0, 0.05) is 92.9 Å². The standard InChI is InChI=1S/C49H64N12O4/c1-7-44(63)54-37-24-34(10-11-38(37)58-18-17-56(28-32(58)4)35-13-16-57(31(3)22-35)36-12-14-51-30(2)21-36)53-47-45(46(50)64)52-27-43(55-47)60-15-8-9-39(42(60)29-62)61-20-19-59-40(48(61)65)23-33-25-49(5,6)26-41(33)59/h7,10-12,14,21,23-24,27,31-32,35,39,42,62H,1,8-9,13,15-20,22,25-26,28-29H2,2-6H3,(H2,50,64)(H,53,55)(H,54,63)/t31-,32+,35?,39?,42?/m1/s1. The first-order chi connectivity index (χ1) is 31.2. The first-order valence-corrected chi connectivity index (χ1v) is 23.3. The molecule has 3 unspecified atom stereocenters. The minimum absolute atomic E-state index is 0.00638. The highest BCUT2D eigenvalue weighted by molar-refractivity contribution is 6.02. The topological polar surface area (TPSA) is 181 Å². The molecule has 3 amide bonds. The van der Waals surface area contributed by atoms with Crippen molar-refractivity contribution in [1.29, 1.82) is 0 Å². The van der Waals surface area contributed by atoms with E-state index in [0.717, 1.165) is 88.3 Å². The van der Waals surface area contributed by atoms with Gasteiger partial charge in [-0.3, -0.25) is 24.3 Å². The lowest BCUT2D eigenvalue weighted by molar-refractivity contribution is -0.111. The van der Waals surface area contributed by atoms with E-state index in [1.54, 1.807) is 0 Å². The summed E-state index contributed by atoms with van der Waals surface area (Å²) in [6, 6.07) is 12.4. The molecular weight excluding hydrogens is 821 g/mol. The van der Waals surface area contributed by atoms with E-state index in [-0.39, 0.29) is 47.4 Å². The maximum Gasteiger partial charge on any atom is 0.271 e. The number of carbonyl (C=O) groups is 3. The SMILES string of the molecule is C=CC(=O)Nc1cc(Nc2nc(N3CCCC(N4CCn5c(cc6c5CC(C)(C)C6)C4=O)C3CO)cnc2C(N)=O)ccc1N1CCN(C2CCN(c3ccnc(C)c3)[C@H](C)C2)C[C@@H]1C. The van der Waals surface area contributed by atoms with Crippen LogP contribution in [0, 0.1) is 12.3 Å². The molecule has 4 aliphatic heterocycles. The molecule has 3 fully saturated rings. The van der Waals surface area contributed by atoms with E-state index in [0.29, 0.717) is 42.4 Å². The second kappa shape index (κ2) is 17.8. The highest BCUT2D eigenvalue weighted by Gasteiger charge is 2.43. The lowest BCUT2D eigenvalue weighted by Gasteiger charge is -2.48. The third kappa shape index (κ3) is 8.65. The van der Waals surface area contributed by atoms with E-state index < -0.39 is 11.9 Å². The minimum atomic E-state index is -0.755. The number of piperazine rings is 1. The maximum absolute atomic E-state index is 14.1. The Hall–Kier alpha value is -6.00. The molecular formula is C49H64N12O4. The zero-order valence-electron chi connectivity index (χ0n) is 38.5. The van der Waals surface area contributed by atoms with Gasteiger partial charge in [0.2, 0.25) is 5.91 Å². The second-order valence-electron chi connectivity index (χ2n) is 19.6. The third-order valence-electron chi connectivity index (χ3n) is 14.5. The number of hydrogen-bond acceptors (Lipinski definition) is 12. The Morgan fingerprint density at radius 3 is 2.51 bits per heavy atom. The molecule has 0 radical (unpaired) electrons. The predicted octanol–water partition coefficient (Wildman–Crippen LogP) is 5.13. The molecule has 5 atom stereocenters. The van der Waals surface area contributed by atoms with Gasteiger partial charge < -0.3 is 45.6 Å². The number of amides is 3. The monoisotopic (exact) mass is 885 g/mol. The van der Waals surface area contributed by atoms with E-state index in [1.165, 1.54) is 29.2 Å². The zero-order valence-corrected chi connectivity index (χ0v) is 38.5. The minimum Gasteiger partial charge on any atom is -0.394 e. The molecule has 344 valence electrons. The lowest BCUT2D eigenvalue weighted by atomic mass is 9.90. The number of aryl methyl sites for hydroxylation is 1. The number of fused-ring (bicyclic) bond motifs is 3. The number of carbonyl (C=O) groups excluding carboxylic acids is 3. The number of nitrogens with one attached hydrogen (secondary N) is 2. The van der Waals surface area contributed by atoms with Gasteiger partial charge in [-0.2, -0.15) is 0 Å². The molecule has 0 spiro atoms. The number of primary amides is 1. The Kier molecular flexibility index (Phi) is 12.1. The van der Waals surface area contributed by atoms with E-state index in [9.17, 15) is 19.5 Å². The van der Waals surface area contributed by atoms with Crippen molar-refractivity contribution < 1.29 is 19.5 Å². The molecule has 7 heterocycles. The zero-order chi connectivity index (χ0) is 45.7. The van der Waals surface area contributed by atoms with Gasteiger partial charge in [0.25, 0.3) is 11.8 Å². The second-order valence-corrected chi connectivity index (χ2v) is 19.6. The fourth-order valence-corrected chi connectivity index (χ4v) is 11.5. The van der Waals surface area contributed by atoms with Crippen LogP contribution in [0.4, 0.5) is 34.4 Å². The van der Waals surface area contributed by atoms with Crippen LogP contribution >= 0.6 is 0 Å². The van der Waals surface area contributed by atoms with Gasteiger partial charge in [0.1, 0.15) is 11.5 Å². The van der Waals surface area contributed by atoms with Crippen molar-refractivity contribution in [2.75, 3.05) is 71.2 Å². The van der Waals surface area contributed by atoms with Crippen LogP contribution in [0.2, 0.25) is 0 Å². The molecule has 0 bridgehead atoms. The molecule has 1 aliphatic carbocycles. The Morgan fingerprint density at radius 1 is 0.954 bits per heavy atom. The summed E-state index contributed by atoms with van der Waals surface area (Å²) in [5, 5.41) is 17.3. The van der Waals surface area contributed by atoms with Crippen LogP contribution in [0.5, 0.6) is 0 Å². The first kappa shape index (κ1) is 44.2. The summed E-state index contributed by atoms with van der Waals surface area (Å²) in [6.45, 7) is 20.0. The summed E-state index contributed by atoms with van der Waals surface area (Å²) in [4.78, 5) is 65.0. The van der Waals surface area contributed by atoms with Gasteiger partial charge in [0.15, 0.2) is 11.5 Å². The van der Waals surface area contributed by atoms with E-state index >= 15 is 0 Å². The Balaban J connectivity index is 0.917. The summed E-state index contributed by atoms with van der Waals surface area (Å²) in [5.74, 6) is -0.509. The average Bonchev–Trinajstić information content (AvgIpc) is 3.78. The number of hydrogen-bond donors (Lipinski definition) is 4. The summed E-state index contributed by atoms with van der Waals surface area (Å²) < 4.78 is 2.21. The van der Waals surface area contributed by atoms with Crippen molar-refractivity contribution in [1.82, 2.24) is 29.3 Å². The van der Waals surface area contributed by atoms with Crippen molar-refractivity contribution >= 4 is 52.1 Å². The molecule has 16 heteroatoms. The largest absolute Gasteiger partial charge is 0.394 e. The first-order valence-electron chi connectivity index (χ1n) is 23.3. The van der Waals surface area contributed by atoms with Crippen LogP contribution in [-0.2, 0) is 24.2 Å². The van der Waals surface area contributed by atoms with Gasteiger partial charge in [-0.25, -0.2) is 9.97 Å². The number of aliphatic hydroxyl groups excluding tert-OH is 1. The molecule has 5 aliphatic rings. The van der Waals surface area contributed by atoms with Crippen molar-refractivity contribution in [2.45, 2.75) is 110 Å². The van der Waals surface area contributed by atoms with Gasteiger partial charge in [-0.15, -0.1) is 0 Å². The van der Waals surface area contributed by atoms with E-state index in [1.807, 2.05) is 41.1 Å². The lowest BCUT2D eigenvalue weighted by Crippen LogP contribution is -2.60. The molecule has 65 heavy (non-hydrogen) atoms. The fraction of sp³-hybridized carbons (Fsp3) is 0.510. The number of aliphatic hydroxyl groups is 1. The van der Waals surface area contributed by atoms with Crippen molar-refractivity contribution in [3.05, 3.63) is 89.8 Å². The highest BCUT2D eigenvalue weighted by atomic mass is 16.3. The van der Waals surface area contributed by atoms with Crippen LogP contribution in [0.15, 0.2) is 61.4 Å². The number of aromatic nitrogens is 4. The fourth-order valence-electron chi connectivity index (χ4n) is 11.5. The van der Waals surface area contributed by atoms with E-state index in [2.05, 4.69) is 92.3 Å². The van der Waals surface area contributed by atoms with Gasteiger partial charge in [0.05, 0.1) is 36.3 Å². The predicted molar refractivity (Wildman–Crippen MR) is 254 cm³/mol. The molecule has 5 N–H and O–H groups in total. The molecule has 16 nitrogen and oxygen atoms in total. The van der Waals surface area contributed by atoms with Crippen LogP contribution in [0.1, 0.15) is 91.3 Å². The number of benzene rings is 1. The van der Waals surface area contributed by atoms with Crippen LogP contribution < -0.4 is 31.1 Å². The van der Waals surface area contributed by atoms with Crippen molar-refractivity contribution in [2.24, 2.45) is 11.1 Å². The van der Waals surface area contributed by atoms with Crippen molar-refractivity contribution in [3.8, 4) is 0 Å². The molecule has 9 rings (SSSR count). The molecule has 1 aromatic carbocycles. The Labute approximate surface area is 381 Å². The normalized spacial score (nSPS) is 24.4. The summed E-state index contributed by atoms with van der Waals surface area (Å²) in [7, 11) is 0. The summed E-state index contributed by atoms with van der Waals surface area (Å²) in [6.07, 6.45) is 10.2. The van der Waals surface area contributed by atoms with Gasteiger partial charge >= 0.3 is 0 Å². The Bertz CT molecular complexity index is 2490. The number of piperidine rings is 2. The smallest absolute Gasteiger partial charge is 0.271 e. The number of nitrogens with two attached hydrogens (primary N) is 1. The third-order valence-corrected chi connectivity index (χ3v) is 14.5. The number of rotatable bonds is 11. The van der Waals surface area contributed by atoms with Crippen LogP contribution in [0.3, 0.4) is 0 Å². The van der Waals surface area contributed by atoms with Crippen molar-refractivity contribution in [3.63, 3.8) is 0 Å². The van der Waals surface area contributed by atoms with Gasteiger partial charge in [-0.1, -0.05) is 20.4 Å². The quantitative estimate of drug-likeness (QED) is 0.146. The maximum atomic E-state index is 14.1. The number of pyridine rings is 1. The average molecular weight is 885 g/mol. The summed E-state index contributed by atoms with van der Waals surface area (Å²) in [5.41, 5.74) is 13.6. The van der Waals surface area contributed by atoms with E-state index in [4.69, 9.17) is 10.7 Å². The molecule has 3 saturated heterocycles. The summed E-state index contributed by atoms with van der Waals surface area (Å²) >= 11 is 0. The molecule has 0 saturated carbocycles. The highest BCUT2D eigenvalue weighted by Crippen LogP contribution is 2.41. The number of anilines is 6. The van der Waals surface area contributed by atoms with Gasteiger partial charge in [-0.05, 0) is 113 Å².